The summed E-state index contributed by atoms with van der Waals surface area (Å²) in [6, 6.07) is 10.1. The van der Waals surface area contributed by atoms with Gasteiger partial charge in [-0.25, -0.2) is 0 Å². The Bertz CT molecular complexity index is 888. The van der Waals surface area contributed by atoms with Crippen LogP contribution in [0.1, 0.15) is 6.42 Å². The Morgan fingerprint density at radius 3 is 2.62 bits per heavy atom. The molecule has 0 atom stereocenters. The zero-order valence-electron chi connectivity index (χ0n) is 12.8. The van der Waals surface area contributed by atoms with Gasteiger partial charge in [0.1, 0.15) is 11.5 Å². The van der Waals surface area contributed by atoms with Gasteiger partial charge in [0, 0.05) is 23.1 Å². The molecule has 24 heavy (non-hydrogen) atoms. The van der Waals surface area contributed by atoms with Crippen molar-refractivity contribution >= 4 is 0 Å². The highest BCUT2D eigenvalue weighted by Gasteiger charge is 2.17. The maximum absolute atomic E-state index is 10.1. The molecule has 3 aromatic rings. The Labute approximate surface area is 138 Å². The van der Waals surface area contributed by atoms with Crippen LogP contribution in [0.15, 0.2) is 42.6 Å². The summed E-state index contributed by atoms with van der Waals surface area (Å²) in [4.78, 5) is 0. The van der Waals surface area contributed by atoms with Gasteiger partial charge in [-0.3, -0.25) is 5.10 Å². The van der Waals surface area contributed by atoms with Crippen LogP contribution in [0.25, 0.3) is 22.4 Å². The molecular weight excluding hydrogens is 308 g/mol. The first-order valence-corrected chi connectivity index (χ1v) is 7.68. The average molecular weight is 324 g/mol. The van der Waals surface area contributed by atoms with E-state index in [2.05, 4.69) is 10.2 Å². The molecule has 6 heteroatoms. The van der Waals surface area contributed by atoms with Gasteiger partial charge in [0.2, 0.25) is 0 Å². The number of phenolic OH excluding ortho intramolecular Hbond substituents is 2. The van der Waals surface area contributed by atoms with Gasteiger partial charge < -0.3 is 19.7 Å². The number of nitrogens with one attached hydrogen (secondary N) is 1. The van der Waals surface area contributed by atoms with Crippen molar-refractivity contribution in [3.8, 4) is 45.4 Å². The van der Waals surface area contributed by atoms with Gasteiger partial charge in [-0.1, -0.05) is 0 Å². The molecule has 2 aromatic carbocycles. The lowest BCUT2D eigenvalue weighted by atomic mass is 10.0. The molecule has 0 spiro atoms. The second-order valence-electron chi connectivity index (χ2n) is 5.57. The van der Waals surface area contributed by atoms with Gasteiger partial charge in [0.25, 0.3) is 0 Å². The second-order valence-corrected chi connectivity index (χ2v) is 5.57. The lowest BCUT2D eigenvalue weighted by Crippen LogP contribution is -1.97. The highest BCUT2D eigenvalue weighted by molar-refractivity contribution is 5.84. The SMILES string of the molecule is Oc1ccc(O)c(-c2cn[nH]c2-c2ccc3c(c2)OCCCO3)c1. The smallest absolute Gasteiger partial charge is 0.161 e. The molecule has 1 aliphatic rings. The van der Waals surface area contributed by atoms with Crippen LogP contribution in [0, 0.1) is 0 Å². The standard InChI is InChI=1S/C18H16N2O4/c21-12-3-4-15(22)13(9-12)14-10-19-20-18(14)11-2-5-16-17(8-11)24-7-1-6-23-16/h2-5,8-10,21-22H,1,6-7H2,(H,19,20). The molecule has 2 heterocycles. The Morgan fingerprint density at radius 1 is 0.917 bits per heavy atom. The van der Waals surface area contributed by atoms with Gasteiger partial charge in [-0.2, -0.15) is 5.10 Å². The van der Waals surface area contributed by atoms with Crippen molar-refractivity contribution in [1.29, 1.82) is 0 Å². The summed E-state index contributed by atoms with van der Waals surface area (Å²) < 4.78 is 11.4. The Hall–Kier alpha value is -3.15. The molecule has 0 unspecified atom stereocenters. The zero-order valence-corrected chi connectivity index (χ0v) is 12.8. The maximum Gasteiger partial charge on any atom is 0.161 e. The Balaban J connectivity index is 1.80. The summed E-state index contributed by atoms with van der Waals surface area (Å²) in [7, 11) is 0. The molecule has 0 amide bonds. The highest BCUT2D eigenvalue weighted by atomic mass is 16.5. The molecule has 0 radical (unpaired) electrons. The van der Waals surface area contributed by atoms with Gasteiger partial charge in [0.15, 0.2) is 11.5 Å². The third kappa shape index (κ3) is 2.52. The minimum absolute atomic E-state index is 0.0739. The van der Waals surface area contributed by atoms with Gasteiger partial charge in [0.05, 0.1) is 25.1 Å². The summed E-state index contributed by atoms with van der Waals surface area (Å²) >= 11 is 0. The number of nitrogens with zero attached hydrogens (tertiary/aromatic N) is 1. The predicted octanol–water partition coefficient (Wildman–Crippen LogP) is 3.32. The summed E-state index contributed by atoms with van der Waals surface area (Å²) in [6.07, 6.45) is 2.46. The summed E-state index contributed by atoms with van der Waals surface area (Å²) in [5.74, 6) is 1.56. The lowest BCUT2D eigenvalue weighted by Gasteiger charge is -2.10. The van der Waals surface area contributed by atoms with Crippen molar-refractivity contribution in [3.63, 3.8) is 0 Å². The number of phenols is 2. The molecule has 3 N–H and O–H groups in total. The Kier molecular flexibility index (Phi) is 3.49. The molecule has 1 aromatic heterocycles. The number of fused-ring (bicyclic) bond motifs is 1. The number of aromatic hydroxyl groups is 2. The van der Waals surface area contributed by atoms with Crippen molar-refractivity contribution in [2.75, 3.05) is 13.2 Å². The molecule has 6 nitrogen and oxygen atoms in total. The molecule has 0 bridgehead atoms. The number of H-pyrrole nitrogens is 1. The van der Waals surface area contributed by atoms with Crippen molar-refractivity contribution in [2.45, 2.75) is 6.42 Å². The number of rotatable bonds is 2. The molecule has 1 aliphatic heterocycles. The van der Waals surface area contributed by atoms with Crippen LogP contribution in [0.2, 0.25) is 0 Å². The summed E-state index contributed by atoms with van der Waals surface area (Å²) in [6.45, 7) is 1.25. The van der Waals surface area contributed by atoms with E-state index in [1.54, 1.807) is 6.20 Å². The van der Waals surface area contributed by atoms with E-state index in [0.29, 0.717) is 30.1 Å². The summed E-state index contributed by atoms with van der Waals surface area (Å²) in [5.41, 5.74) is 2.78. The van der Waals surface area contributed by atoms with Crippen LogP contribution in [-0.4, -0.2) is 33.6 Å². The highest BCUT2D eigenvalue weighted by Crippen LogP contribution is 2.40. The maximum atomic E-state index is 10.1. The largest absolute Gasteiger partial charge is 0.508 e. The van der Waals surface area contributed by atoms with E-state index < -0.39 is 0 Å². The first-order chi connectivity index (χ1) is 11.7. The monoisotopic (exact) mass is 324 g/mol. The Morgan fingerprint density at radius 2 is 1.75 bits per heavy atom. The van der Waals surface area contributed by atoms with Crippen LogP contribution in [0.5, 0.6) is 23.0 Å². The number of benzene rings is 2. The fourth-order valence-electron chi connectivity index (χ4n) is 2.77. The van der Waals surface area contributed by atoms with E-state index >= 15 is 0 Å². The van der Waals surface area contributed by atoms with E-state index in [1.807, 2.05) is 18.2 Å². The first-order valence-electron chi connectivity index (χ1n) is 7.68. The lowest BCUT2D eigenvalue weighted by molar-refractivity contribution is 0.297. The third-order valence-electron chi connectivity index (χ3n) is 3.95. The normalized spacial score (nSPS) is 13.5. The zero-order chi connectivity index (χ0) is 16.5. The van der Waals surface area contributed by atoms with Crippen molar-refractivity contribution < 1.29 is 19.7 Å². The number of hydrogen-bond acceptors (Lipinski definition) is 5. The molecule has 122 valence electrons. The van der Waals surface area contributed by atoms with Crippen LogP contribution in [-0.2, 0) is 0 Å². The van der Waals surface area contributed by atoms with Gasteiger partial charge in [-0.15, -0.1) is 0 Å². The average Bonchev–Trinajstić information content (AvgIpc) is 2.95. The molecule has 0 saturated carbocycles. The summed E-state index contributed by atoms with van der Waals surface area (Å²) in [5, 5.41) is 26.9. The van der Waals surface area contributed by atoms with E-state index in [0.717, 1.165) is 23.4 Å². The van der Waals surface area contributed by atoms with Gasteiger partial charge in [-0.05, 0) is 36.4 Å². The quantitative estimate of drug-likeness (QED) is 0.629. The van der Waals surface area contributed by atoms with E-state index in [4.69, 9.17) is 9.47 Å². The predicted molar refractivity (Wildman–Crippen MR) is 88.4 cm³/mol. The molecular formula is C18H16N2O4. The first kappa shape index (κ1) is 14.4. The fourth-order valence-corrected chi connectivity index (χ4v) is 2.77. The van der Waals surface area contributed by atoms with E-state index in [9.17, 15) is 10.2 Å². The number of aromatic amines is 1. The third-order valence-corrected chi connectivity index (χ3v) is 3.95. The van der Waals surface area contributed by atoms with Gasteiger partial charge >= 0.3 is 0 Å². The number of aromatic nitrogens is 2. The van der Waals surface area contributed by atoms with Crippen molar-refractivity contribution in [2.24, 2.45) is 0 Å². The topological polar surface area (TPSA) is 87.6 Å². The van der Waals surface area contributed by atoms with Crippen LogP contribution in [0.3, 0.4) is 0 Å². The van der Waals surface area contributed by atoms with Crippen molar-refractivity contribution in [1.82, 2.24) is 10.2 Å². The molecule has 0 fully saturated rings. The molecule has 0 saturated heterocycles. The van der Waals surface area contributed by atoms with E-state index in [-0.39, 0.29) is 11.5 Å². The van der Waals surface area contributed by atoms with E-state index in [1.165, 1.54) is 18.2 Å². The number of hydrogen-bond donors (Lipinski definition) is 3. The number of ether oxygens (including phenoxy) is 2. The molecule has 0 aliphatic carbocycles. The van der Waals surface area contributed by atoms with Crippen LogP contribution in [0.4, 0.5) is 0 Å². The van der Waals surface area contributed by atoms with Crippen LogP contribution < -0.4 is 9.47 Å². The minimum Gasteiger partial charge on any atom is -0.508 e. The van der Waals surface area contributed by atoms with Crippen LogP contribution >= 0.6 is 0 Å². The van der Waals surface area contributed by atoms with Crippen molar-refractivity contribution in [3.05, 3.63) is 42.6 Å². The fraction of sp³-hybridized carbons (Fsp3) is 0.167. The molecule has 4 rings (SSSR count). The minimum atomic E-state index is 0.0739. The second kappa shape index (κ2) is 5.81.